The van der Waals surface area contributed by atoms with Crippen LogP contribution >= 0.6 is 0 Å². The van der Waals surface area contributed by atoms with Crippen molar-refractivity contribution in [1.82, 2.24) is 9.80 Å². The highest BCUT2D eigenvalue weighted by molar-refractivity contribution is 5.86. The quantitative estimate of drug-likeness (QED) is 0.563. The van der Waals surface area contributed by atoms with Gasteiger partial charge in [-0.05, 0) is 13.8 Å². The van der Waals surface area contributed by atoms with Crippen molar-refractivity contribution in [3.63, 3.8) is 0 Å². The van der Waals surface area contributed by atoms with E-state index in [1.165, 1.54) is 13.8 Å². The summed E-state index contributed by atoms with van der Waals surface area (Å²) in [5.41, 5.74) is 0. The predicted molar refractivity (Wildman–Crippen MR) is 58.6 cm³/mol. The number of hydrogen-bond donors (Lipinski definition) is 4. The van der Waals surface area contributed by atoms with Gasteiger partial charge < -0.3 is 25.3 Å². The Balaban J connectivity index is 5.03. The lowest BCUT2D eigenvalue weighted by molar-refractivity contribution is 0.0661. The summed E-state index contributed by atoms with van der Waals surface area (Å²) < 4.78 is 0. The molecular formula is C9H16N2O7. The Morgan fingerprint density at radius 1 is 0.944 bits per heavy atom. The average Bonchev–Trinajstić information content (AvgIpc) is 2.23. The summed E-state index contributed by atoms with van der Waals surface area (Å²) >= 11 is 0. The maximum Gasteiger partial charge on any atom is 0.417 e. The molecule has 2 atom stereocenters. The van der Waals surface area contributed by atoms with Crippen LogP contribution < -0.4 is 0 Å². The Hall–Kier alpha value is -2.03. The largest absolute Gasteiger partial charge is 0.465 e. The van der Waals surface area contributed by atoms with Gasteiger partial charge in [-0.1, -0.05) is 0 Å². The fraction of sp³-hybridized carbons (Fsp3) is 0.667. The highest BCUT2D eigenvalue weighted by Crippen LogP contribution is 2.12. The molecular weight excluding hydrogens is 248 g/mol. The van der Waals surface area contributed by atoms with E-state index in [4.69, 9.17) is 20.4 Å². The Morgan fingerprint density at radius 2 is 1.39 bits per heavy atom. The van der Waals surface area contributed by atoms with Gasteiger partial charge in [0.05, 0.1) is 18.7 Å². The number of carbonyl (C=O) groups is 3. The van der Waals surface area contributed by atoms with Gasteiger partial charge in [-0.3, -0.25) is 0 Å². The van der Waals surface area contributed by atoms with Crippen LogP contribution in [0.4, 0.5) is 14.4 Å². The minimum atomic E-state index is -1.68. The summed E-state index contributed by atoms with van der Waals surface area (Å²) in [6, 6.07) is -2.01. The van der Waals surface area contributed by atoms with Crippen molar-refractivity contribution in [3.05, 3.63) is 0 Å². The monoisotopic (exact) mass is 264 g/mol. The van der Waals surface area contributed by atoms with E-state index < -0.39 is 37.0 Å². The molecule has 9 heteroatoms. The van der Waals surface area contributed by atoms with Gasteiger partial charge in [-0.25, -0.2) is 19.3 Å². The van der Waals surface area contributed by atoms with Crippen molar-refractivity contribution in [2.75, 3.05) is 13.2 Å². The normalized spacial score (nSPS) is 13.5. The number of aliphatic hydroxyl groups is 1. The molecule has 18 heavy (non-hydrogen) atoms. The van der Waals surface area contributed by atoms with Crippen LogP contribution in [0.15, 0.2) is 0 Å². The Morgan fingerprint density at radius 3 is 1.67 bits per heavy atom. The van der Waals surface area contributed by atoms with Gasteiger partial charge in [0, 0.05) is 6.54 Å². The fourth-order valence-electron chi connectivity index (χ4n) is 1.49. The summed E-state index contributed by atoms with van der Waals surface area (Å²) in [7, 11) is 0. The SMILES string of the molecule is CC(C(C)N(C(=O)O)C(=O)O)N(CCO)C(=O)O. The zero-order chi connectivity index (χ0) is 14.5. The van der Waals surface area contributed by atoms with Crippen molar-refractivity contribution in [2.24, 2.45) is 0 Å². The van der Waals surface area contributed by atoms with Crippen LogP contribution in [0.2, 0.25) is 0 Å². The summed E-state index contributed by atoms with van der Waals surface area (Å²) in [6.07, 6.45) is -4.73. The average molecular weight is 264 g/mol. The highest BCUT2D eigenvalue weighted by Gasteiger charge is 2.34. The van der Waals surface area contributed by atoms with Gasteiger partial charge in [-0.2, -0.15) is 0 Å². The topological polar surface area (TPSA) is 139 Å². The molecule has 0 aromatic rings. The molecule has 0 saturated carbocycles. The van der Waals surface area contributed by atoms with E-state index in [0.29, 0.717) is 0 Å². The number of rotatable bonds is 5. The smallest absolute Gasteiger partial charge is 0.417 e. The third kappa shape index (κ3) is 3.77. The Bertz CT molecular complexity index is 319. The van der Waals surface area contributed by atoms with Crippen molar-refractivity contribution >= 4 is 18.3 Å². The molecule has 3 amide bonds. The van der Waals surface area contributed by atoms with Gasteiger partial charge in [-0.15, -0.1) is 0 Å². The minimum Gasteiger partial charge on any atom is -0.465 e. The van der Waals surface area contributed by atoms with Gasteiger partial charge in [0.15, 0.2) is 0 Å². The molecule has 0 spiro atoms. The highest BCUT2D eigenvalue weighted by atomic mass is 16.4. The number of aliphatic hydroxyl groups excluding tert-OH is 1. The van der Waals surface area contributed by atoms with E-state index in [2.05, 4.69) is 0 Å². The standard InChI is InChI=1S/C9H16N2O7/c1-5(10(3-4-12)7(13)14)6(2)11(8(15)16)9(17)18/h5-6,12H,3-4H2,1-2H3,(H,13,14)(H,15,16)(H,17,18). The second-order valence-electron chi connectivity index (χ2n) is 3.62. The lowest BCUT2D eigenvalue weighted by Gasteiger charge is -2.33. The molecule has 0 rings (SSSR count). The molecule has 0 heterocycles. The van der Waals surface area contributed by atoms with Crippen molar-refractivity contribution < 1.29 is 34.8 Å². The first-order valence-electron chi connectivity index (χ1n) is 5.09. The van der Waals surface area contributed by atoms with E-state index in [0.717, 1.165) is 4.90 Å². The third-order valence-electron chi connectivity index (χ3n) is 2.60. The number of imide groups is 1. The van der Waals surface area contributed by atoms with Crippen LogP contribution in [0, 0.1) is 0 Å². The molecule has 0 aliphatic carbocycles. The first-order chi connectivity index (χ1) is 8.23. The van der Waals surface area contributed by atoms with Crippen molar-refractivity contribution in [1.29, 1.82) is 0 Å². The van der Waals surface area contributed by atoms with Gasteiger partial charge in [0.1, 0.15) is 0 Å². The predicted octanol–water partition coefficient (Wildman–Crippen LogP) is 0.394. The molecule has 0 saturated heterocycles. The summed E-state index contributed by atoms with van der Waals surface area (Å²) in [5, 5.41) is 35.1. The van der Waals surface area contributed by atoms with E-state index in [9.17, 15) is 14.4 Å². The van der Waals surface area contributed by atoms with Crippen LogP contribution in [0.25, 0.3) is 0 Å². The summed E-state index contributed by atoms with van der Waals surface area (Å²) in [5.74, 6) is 0. The minimum absolute atomic E-state index is 0.123. The maximum atomic E-state index is 10.9. The van der Waals surface area contributed by atoms with E-state index in [1.807, 2.05) is 0 Å². The molecule has 0 aromatic carbocycles. The molecule has 4 N–H and O–H groups in total. The number of carboxylic acid groups (broad SMARTS) is 3. The van der Waals surface area contributed by atoms with Crippen molar-refractivity contribution in [3.8, 4) is 0 Å². The van der Waals surface area contributed by atoms with E-state index >= 15 is 0 Å². The number of hydrogen-bond acceptors (Lipinski definition) is 4. The van der Waals surface area contributed by atoms with Crippen LogP contribution in [0.1, 0.15) is 13.8 Å². The molecule has 0 fully saturated rings. The first-order valence-corrected chi connectivity index (χ1v) is 5.09. The zero-order valence-electron chi connectivity index (χ0n) is 9.98. The molecule has 0 bridgehead atoms. The molecule has 0 radical (unpaired) electrons. The van der Waals surface area contributed by atoms with E-state index in [1.54, 1.807) is 0 Å². The summed E-state index contributed by atoms with van der Waals surface area (Å²) in [6.45, 7) is 1.98. The fourth-order valence-corrected chi connectivity index (χ4v) is 1.49. The van der Waals surface area contributed by atoms with Crippen LogP contribution in [0.3, 0.4) is 0 Å². The number of amides is 3. The van der Waals surface area contributed by atoms with Crippen LogP contribution in [-0.4, -0.2) is 73.7 Å². The third-order valence-corrected chi connectivity index (χ3v) is 2.60. The molecule has 0 aliphatic rings. The van der Waals surface area contributed by atoms with E-state index in [-0.39, 0.29) is 11.4 Å². The van der Waals surface area contributed by atoms with Crippen LogP contribution in [0.5, 0.6) is 0 Å². The molecule has 2 unspecified atom stereocenters. The Labute approximate surface area is 103 Å². The molecule has 104 valence electrons. The van der Waals surface area contributed by atoms with Crippen LogP contribution in [-0.2, 0) is 0 Å². The molecule has 0 aromatic heterocycles. The zero-order valence-corrected chi connectivity index (χ0v) is 9.98. The lowest BCUT2D eigenvalue weighted by Crippen LogP contribution is -2.54. The summed E-state index contributed by atoms with van der Waals surface area (Å²) in [4.78, 5) is 33.3. The van der Waals surface area contributed by atoms with Gasteiger partial charge in [0.2, 0.25) is 0 Å². The van der Waals surface area contributed by atoms with Gasteiger partial charge >= 0.3 is 18.3 Å². The Kier molecular flexibility index (Phi) is 5.89. The molecule has 9 nitrogen and oxygen atoms in total. The number of nitrogens with zero attached hydrogens (tertiary/aromatic N) is 2. The second kappa shape index (κ2) is 6.64. The lowest BCUT2D eigenvalue weighted by atomic mass is 10.1. The molecule has 0 aliphatic heterocycles. The maximum absolute atomic E-state index is 10.9. The first kappa shape index (κ1) is 16.0. The van der Waals surface area contributed by atoms with Crippen molar-refractivity contribution in [2.45, 2.75) is 25.9 Å². The second-order valence-corrected chi connectivity index (χ2v) is 3.62. The van der Waals surface area contributed by atoms with Gasteiger partial charge in [0.25, 0.3) is 0 Å².